The van der Waals surface area contributed by atoms with Crippen LogP contribution >= 0.6 is 0 Å². The van der Waals surface area contributed by atoms with Crippen LogP contribution in [-0.4, -0.2) is 35.9 Å². The van der Waals surface area contributed by atoms with Crippen molar-refractivity contribution in [3.8, 4) is 16.9 Å². The first-order chi connectivity index (χ1) is 9.65. The lowest BCUT2D eigenvalue weighted by atomic mass is 10.1. The molecule has 100 valence electrons. The minimum Gasteiger partial charge on any atom is -0.476 e. The van der Waals surface area contributed by atoms with Gasteiger partial charge in [-0.3, -0.25) is 4.68 Å². The van der Waals surface area contributed by atoms with E-state index < -0.39 is 5.97 Å². The van der Waals surface area contributed by atoms with Crippen molar-refractivity contribution in [1.29, 1.82) is 0 Å². The number of nitrogens with zero attached hydrogens (tertiary/aromatic N) is 5. The number of carboxylic acid groups (broad SMARTS) is 1. The van der Waals surface area contributed by atoms with Crippen LogP contribution in [0.1, 0.15) is 10.5 Å². The van der Waals surface area contributed by atoms with Gasteiger partial charge in [0.1, 0.15) is 0 Å². The van der Waals surface area contributed by atoms with E-state index >= 15 is 0 Å². The SMILES string of the molecule is Cn1nc(C(=O)O)cc1-c1ccc(-n2ccnn2)cc1. The Kier molecular flexibility index (Phi) is 2.79. The predicted octanol–water partition coefficient (Wildman–Crippen LogP) is 1.37. The molecule has 3 rings (SSSR count). The van der Waals surface area contributed by atoms with Crippen LogP contribution in [0, 0.1) is 0 Å². The van der Waals surface area contributed by atoms with Crippen molar-refractivity contribution in [2.45, 2.75) is 0 Å². The van der Waals surface area contributed by atoms with Gasteiger partial charge in [-0.2, -0.15) is 5.10 Å². The van der Waals surface area contributed by atoms with Crippen LogP contribution in [-0.2, 0) is 7.05 Å². The third kappa shape index (κ3) is 2.05. The van der Waals surface area contributed by atoms with Crippen LogP contribution in [0.2, 0.25) is 0 Å². The quantitative estimate of drug-likeness (QED) is 0.776. The molecule has 2 aromatic heterocycles. The van der Waals surface area contributed by atoms with Crippen LogP contribution in [0.3, 0.4) is 0 Å². The molecular weight excluding hydrogens is 258 g/mol. The Morgan fingerprint density at radius 1 is 1.25 bits per heavy atom. The highest BCUT2D eigenvalue weighted by atomic mass is 16.4. The summed E-state index contributed by atoms with van der Waals surface area (Å²) in [5, 5.41) is 20.5. The molecule has 0 aliphatic carbocycles. The zero-order valence-corrected chi connectivity index (χ0v) is 10.6. The third-order valence-electron chi connectivity index (χ3n) is 2.95. The summed E-state index contributed by atoms with van der Waals surface area (Å²) in [7, 11) is 1.72. The maximum Gasteiger partial charge on any atom is 0.356 e. The van der Waals surface area contributed by atoms with Gasteiger partial charge in [-0.1, -0.05) is 17.3 Å². The summed E-state index contributed by atoms with van der Waals surface area (Å²) in [6.07, 6.45) is 3.36. The zero-order valence-electron chi connectivity index (χ0n) is 10.6. The van der Waals surface area contributed by atoms with E-state index in [1.165, 1.54) is 0 Å². The molecule has 0 aliphatic rings. The topological polar surface area (TPSA) is 85.8 Å². The van der Waals surface area contributed by atoms with Gasteiger partial charge in [-0.25, -0.2) is 9.48 Å². The van der Waals surface area contributed by atoms with E-state index in [2.05, 4.69) is 15.4 Å². The van der Waals surface area contributed by atoms with Crippen LogP contribution in [0.5, 0.6) is 0 Å². The van der Waals surface area contributed by atoms with E-state index in [-0.39, 0.29) is 5.69 Å². The van der Waals surface area contributed by atoms with E-state index in [1.54, 1.807) is 34.9 Å². The van der Waals surface area contributed by atoms with Gasteiger partial charge in [-0.05, 0) is 23.8 Å². The average molecular weight is 269 g/mol. The lowest BCUT2D eigenvalue weighted by molar-refractivity contribution is 0.0689. The van der Waals surface area contributed by atoms with Gasteiger partial charge < -0.3 is 5.11 Å². The Bertz CT molecular complexity index is 744. The Balaban J connectivity index is 1.97. The highest BCUT2D eigenvalue weighted by molar-refractivity contribution is 5.87. The Morgan fingerprint density at radius 2 is 2.00 bits per heavy atom. The van der Waals surface area contributed by atoms with E-state index in [1.807, 2.05) is 24.3 Å². The first-order valence-electron chi connectivity index (χ1n) is 5.89. The summed E-state index contributed by atoms with van der Waals surface area (Å²) >= 11 is 0. The number of aromatic nitrogens is 5. The van der Waals surface area contributed by atoms with Crippen molar-refractivity contribution in [1.82, 2.24) is 24.8 Å². The van der Waals surface area contributed by atoms with Crippen LogP contribution in [0.4, 0.5) is 0 Å². The number of hydrogen-bond acceptors (Lipinski definition) is 4. The second-order valence-electron chi connectivity index (χ2n) is 4.24. The normalized spacial score (nSPS) is 10.7. The summed E-state index contributed by atoms with van der Waals surface area (Å²) in [4.78, 5) is 10.9. The number of carboxylic acids is 1. The Labute approximate surface area is 114 Å². The van der Waals surface area contributed by atoms with Crippen LogP contribution in [0.15, 0.2) is 42.7 Å². The van der Waals surface area contributed by atoms with Gasteiger partial charge in [-0.15, -0.1) is 5.10 Å². The molecule has 7 heteroatoms. The average Bonchev–Trinajstić information content (AvgIpc) is 3.08. The Hall–Kier alpha value is -2.96. The zero-order chi connectivity index (χ0) is 14.1. The van der Waals surface area contributed by atoms with Crippen molar-refractivity contribution < 1.29 is 9.90 Å². The molecule has 0 saturated carbocycles. The first kappa shape index (κ1) is 12.1. The van der Waals surface area contributed by atoms with Gasteiger partial charge in [0.05, 0.1) is 23.8 Å². The summed E-state index contributed by atoms with van der Waals surface area (Å²) in [5.74, 6) is -1.04. The minimum absolute atomic E-state index is 0.0304. The number of carbonyl (C=O) groups is 1. The maximum atomic E-state index is 10.9. The second kappa shape index (κ2) is 4.61. The van der Waals surface area contributed by atoms with Crippen LogP contribution < -0.4 is 0 Å². The fraction of sp³-hybridized carbons (Fsp3) is 0.0769. The smallest absolute Gasteiger partial charge is 0.356 e. The number of aryl methyl sites for hydroxylation is 1. The molecule has 0 spiro atoms. The van der Waals surface area contributed by atoms with Crippen molar-refractivity contribution in [3.05, 3.63) is 48.4 Å². The van der Waals surface area contributed by atoms with Gasteiger partial charge in [0, 0.05) is 7.05 Å². The van der Waals surface area contributed by atoms with E-state index in [0.717, 1.165) is 16.9 Å². The molecule has 0 unspecified atom stereocenters. The molecule has 0 amide bonds. The minimum atomic E-state index is -1.04. The number of rotatable bonds is 3. The number of aromatic carboxylic acids is 1. The second-order valence-corrected chi connectivity index (χ2v) is 4.24. The molecule has 2 heterocycles. The molecular formula is C13H11N5O2. The molecule has 1 N–H and O–H groups in total. The molecule has 1 aromatic carbocycles. The summed E-state index contributed by atoms with van der Waals surface area (Å²) in [5.41, 5.74) is 2.54. The first-order valence-corrected chi connectivity index (χ1v) is 5.89. The number of hydrogen-bond donors (Lipinski definition) is 1. The molecule has 3 aromatic rings. The van der Waals surface area contributed by atoms with Crippen molar-refractivity contribution in [2.75, 3.05) is 0 Å². The molecule has 0 atom stereocenters. The molecule has 20 heavy (non-hydrogen) atoms. The highest BCUT2D eigenvalue weighted by Gasteiger charge is 2.12. The summed E-state index contributed by atoms with van der Waals surface area (Å²) < 4.78 is 3.20. The monoisotopic (exact) mass is 269 g/mol. The fourth-order valence-electron chi connectivity index (χ4n) is 1.97. The van der Waals surface area contributed by atoms with Gasteiger partial charge >= 0.3 is 5.97 Å². The summed E-state index contributed by atoms with van der Waals surface area (Å²) in [6.45, 7) is 0. The van der Waals surface area contributed by atoms with Gasteiger partial charge in [0.25, 0.3) is 0 Å². The molecule has 0 saturated heterocycles. The van der Waals surface area contributed by atoms with Crippen molar-refractivity contribution in [3.63, 3.8) is 0 Å². The molecule has 0 aliphatic heterocycles. The van der Waals surface area contributed by atoms with E-state index in [0.29, 0.717) is 0 Å². The summed E-state index contributed by atoms with van der Waals surface area (Å²) in [6, 6.07) is 9.10. The van der Waals surface area contributed by atoms with Gasteiger partial charge in [0.15, 0.2) is 5.69 Å². The fourth-order valence-corrected chi connectivity index (χ4v) is 1.97. The standard InChI is InChI=1S/C13H11N5O2/c1-17-12(8-11(15-17)13(19)20)9-2-4-10(5-3-9)18-7-6-14-16-18/h2-8H,1H3,(H,19,20). The maximum absolute atomic E-state index is 10.9. The van der Waals surface area contributed by atoms with E-state index in [9.17, 15) is 4.79 Å². The molecule has 0 bridgehead atoms. The van der Waals surface area contributed by atoms with Crippen molar-refractivity contribution in [2.24, 2.45) is 7.05 Å². The Morgan fingerprint density at radius 3 is 2.55 bits per heavy atom. The number of benzene rings is 1. The highest BCUT2D eigenvalue weighted by Crippen LogP contribution is 2.21. The van der Waals surface area contributed by atoms with Crippen molar-refractivity contribution >= 4 is 5.97 Å². The third-order valence-corrected chi connectivity index (χ3v) is 2.95. The molecule has 0 fully saturated rings. The predicted molar refractivity (Wildman–Crippen MR) is 70.5 cm³/mol. The van der Waals surface area contributed by atoms with E-state index in [4.69, 9.17) is 5.11 Å². The van der Waals surface area contributed by atoms with Crippen LogP contribution in [0.25, 0.3) is 16.9 Å². The molecule has 7 nitrogen and oxygen atoms in total. The van der Waals surface area contributed by atoms with Gasteiger partial charge in [0.2, 0.25) is 0 Å². The largest absolute Gasteiger partial charge is 0.476 e. The lowest BCUT2D eigenvalue weighted by Crippen LogP contribution is -1.99. The molecule has 0 radical (unpaired) electrons. The lowest BCUT2D eigenvalue weighted by Gasteiger charge is -2.04.